The highest BCUT2D eigenvalue weighted by atomic mass is 35.5. The van der Waals surface area contributed by atoms with Crippen LogP contribution in [-0.4, -0.2) is 5.97 Å². The number of fused-ring (bicyclic) bond motifs is 1. The summed E-state index contributed by atoms with van der Waals surface area (Å²) < 4.78 is 5.25. The molecular weight excluding hydrogens is 283 g/mol. The number of rotatable bonds is 1. The highest BCUT2D eigenvalue weighted by Gasteiger charge is 2.29. The Labute approximate surface area is 120 Å². The molecule has 0 saturated heterocycles. The lowest BCUT2D eigenvalue weighted by atomic mass is 10.1. The van der Waals surface area contributed by atoms with Gasteiger partial charge in [0.15, 0.2) is 5.76 Å². The van der Waals surface area contributed by atoms with E-state index < -0.39 is 5.97 Å². The van der Waals surface area contributed by atoms with Crippen LogP contribution in [0.25, 0.3) is 10.8 Å². The molecular formula is C15H8Cl2O2. The lowest BCUT2D eigenvalue weighted by molar-refractivity contribution is 0.0717. The molecule has 0 amide bonds. The largest absolute Gasteiger partial charge is 0.421 e. The Bertz CT molecular complexity index is 691. The molecule has 2 aromatic rings. The Morgan fingerprint density at radius 2 is 1.74 bits per heavy atom. The molecule has 0 N–H and O–H groups in total. The summed E-state index contributed by atoms with van der Waals surface area (Å²) in [6, 6.07) is 14.3. The van der Waals surface area contributed by atoms with E-state index in [0.29, 0.717) is 26.9 Å². The summed E-state index contributed by atoms with van der Waals surface area (Å²) in [7, 11) is 0. The minimum Gasteiger partial charge on any atom is -0.421 e. The average molecular weight is 291 g/mol. The van der Waals surface area contributed by atoms with E-state index in [9.17, 15) is 4.79 Å². The third-order valence-corrected chi connectivity index (χ3v) is 3.49. The van der Waals surface area contributed by atoms with Crippen molar-refractivity contribution in [1.82, 2.24) is 0 Å². The summed E-state index contributed by atoms with van der Waals surface area (Å²) in [5.41, 5.74) is 1.90. The highest BCUT2D eigenvalue weighted by molar-refractivity contribution is 6.52. The molecule has 0 fully saturated rings. The molecule has 0 aliphatic carbocycles. The number of cyclic esters (lactones) is 1. The topological polar surface area (TPSA) is 26.3 Å². The molecule has 3 rings (SSSR count). The normalized spacial score (nSPS) is 16.0. The number of benzene rings is 2. The zero-order valence-electron chi connectivity index (χ0n) is 9.69. The molecule has 0 bridgehead atoms. The second kappa shape index (κ2) is 4.72. The SMILES string of the molecule is O=C1O/C(=C(/Cl)c2ccccc2)c2cc(Cl)ccc21. The molecule has 0 radical (unpaired) electrons. The molecule has 0 aromatic heterocycles. The van der Waals surface area contributed by atoms with Gasteiger partial charge in [-0.2, -0.15) is 0 Å². The first kappa shape index (κ1) is 12.3. The molecule has 0 atom stereocenters. The van der Waals surface area contributed by atoms with Crippen molar-refractivity contribution in [2.45, 2.75) is 0 Å². The van der Waals surface area contributed by atoms with Crippen LogP contribution in [0.2, 0.25) is 5.02 Å². The molecule has 2 aromatic carbocycles. The van der Waals surface area contributed by atoms with Crippen LogP contribution < -0.4 is 0 Å². The van der Waals surface area contributed by atoms with E-state index in [-0.39, 0.29) is 0 Å². The summed E-state index contributed by atoms with van der Waals surface area (Å²) in [6.07, 6.45) is 0. The molecule has 0 saturated carbocycles. The highest BCUT2D eigenvalue weighted by Crippen LogP contribution is 2.38. The van der Waals surface area contributed by atoms with Crippen LogP contribution in [0.1, 0.15) is 21.5 Å². The Kier molecular flexibility index (Phi) is 3.05. The minimum absolute atomic E-state index is 0.357. The van der Waals surface area contributed by atoms with Gasteiger partial charge in [-0.3, -0.25) is 0 Å². The zero-order chi connectivity index (χ0) is 13.4. The van der Waals surface area contributed by atoms with Crippen LogP contribution in [0, 0.1) is 0 Å². The third kappa shape index (κ3) is 2.14. The summed E-state index contributed by atoms with van der Waals surface area (Å²) in [5, 5.41) is 0.932. The van der Waals surface area contributed by atoms with Gasteiger partial charge in [-0.15, -0.1) is 0 Å². The number of carbonyl (C=O) groups excluding carboxylic acids is 1. The number of ether oxygens (including phenoxy) is 1. The summed E-state index contributed by atoms with van der Waals surface area (Å²) in [5.74, 6) is -0.0499. The lowest BCUT2D eigenvalue weighted by Crippen LogP contribution is -1.92. The van der Waals surface area contributed by atoms with Gasteiger partial charge in [0, 0.05) is 10.6 Å². The van der Waals surface area contributed by atoms with E-state index in [1.54, 1.807) is 18.2 Å². The van der Waals surface area contributed by atoms with E-state index in [1.165, 1.54) is 0 Å². The van der Waals surface area contributed by atoms with Gasteiger partial charge < -0.3 is 4.74 Å². The van der Waals surface area contributed by atoms with Crippen molar-refractivity contribution in [3.8, 4) is 0 Å². The molecule has 2 nitrogen and oxygen atoms in total. The van der Waals surface area contributed by atoms with Crippen LogP contribution in [0.3, 0.4) is 0 Å². The predicted molar refractivity (Wildman–Crippen MR) is 76.0 cm³/mol. The standard InChI is InChI=1S/C15H8Cl2O2/c16-10-6-7-11-12(8-10)14(19-15(11)18)13(17)9-4-2-1-3-5-9/h1-8H/b14-13+. The minimum atomic E-state index is -0.407. The number of hydrogen-bond acceptors (Lipinski definition) is 2. The maximum atomic E-state index is 11.8. The van der Waals surface area contributed by atoms with Gasteiger partial charge in [0.25, 0.3) is 0 Å². The summed E-state index contributed by atoms with van der Waals surface area (Å²) in [6.45, 7) is 0. The van der Waals surface area contributed by atoms with Gasteiger partial charge in [0.05, 0.1) is 10.6 Å². The monoisotopic (exact) mass is 290 g/mol. The van der Waals surface area contributed by atoms with Crippen molar-refractivity contribution in [2.24, 2.45) is 0 Å². The fourth-order valence-electron chi connectivity index (χ4n) is 1.96. The first-order valence-electron chi connectivity index (χ1n) is 5.64. The van der Waals surface area contributed by atoms with E-state index in [4.69, 9.17) is 27.9 Å². The fourth-order valence-corrected chi connectivity index (χ4v) is 2.40. The number of halogens is 2. The van der Waals surface area contributed by atoms with Crippen LogP contribution in [0.15, 0.2) is 48.5 Å². The Morgan fingerprint density at radius 1 is 1.00 bits per heavy atom. The van der Waals surface area contributed by atoms with E-state index in [1.807, 2.05) is 30.3 Å². The van der Waals surface area contributed by atoms with Crippen molar-refractivity contribution in [2.75, 3.05) is 0 Å². The lowest BCUT2D eigenvalue weighted by Gasteiger charge is -2.04. The Morgan fingerprint density at radius 3 is 2.47 bits per heavy atom. The average Bonchev–Trinajstić information content (AvgIpc) is 2.75. The van der Waals surface area contributed by atoms with E-state index in [0.717, 1.165) is 5.56 Å². The Hall–Kier alpha value is -1.77. The van der Waals surface area contributed by atoms with Crippen LogP contribution in [0.4, 0.5) is 0 Å². The van der Waals surface area contributed by atoms with Crippen LogP contribution in [0.5, 0.6) is 0 Å². The molecule has 1 aliphatic rings. The van der Waals surface area contributed by atoms with Crippen LogP contribution in [-0.2, 0) is 4.74 Å². The summed E-state index contributed by atoms with van der Waals surface area (Å²) in [4.78, 5) is 11.8. The molecule has 1 heterocycles. The van der Waals surface area contributed by atoms with Gasteiger partial charge in [0.1, 0.15) is 0 Å². The van der Waals surface area contributed by atoms with Gasteiger partial charge in [-0.1, -0.05) is 53.5 Å². The first-order chi connectivity index (χ1) is 9.16. The maximum absolute atomic E-state index is 11.8. The van der Waals surface area contributed by atoms with Gasteiger partial charge in [-0.25, -0.2) is 4.79 Å². The summed E-state index contributed by atoms with van der Waals surface area (Å²) >= 11 is 12.3. The quantitative estimate of drug-likeness (QED) is 0.719. The molecule has 0 spiro atoms. The van der Waals surface area contributed by atoms with Crippen molar-refractivity contribution in [1.29, 1.82) is 0 Å². The third-order valence-electron chi connectivity index (χ3n) is 2.87. The molecule has 94 valence electrons. The second-order valence-corrected chi connectivity index (χ2v) is 4.90. The van der Waals surface area contributed by atoms with Crippen molar-refractivity contribution < 1.29 is 9.53 Å². The Balaban J connectivity index is 2.19. The number of carbonyl (C=O) groups is 1. The van der Waals surface area contributed by atoms with Gasteiger partial charge in [0.2, 0.25) is 0 Å². The predicted octanol–water partition coefficient (Wildman–Crippen LogP) is 4.58. The second-order valence-electron chi connectivity index (χ2n) is 4.09. The fraction of sp³-hybridized carbons (Fsp3) is 0. The van der Waals surface area contributed by atoms with Gasteiger partial charge in [-0.05, 0) is 23.8 Å². The van der Waals surface area contributed by atoms with Crippen molar-refractivity contribution >= 4 is 40.0 Å². The van der Waals surface area contributed by atoms with Crippen LogP contribution >= 0.6 is 23.2 Å². The van der Waals surface area contributed by atoms with E-state index in [2.05, 4.69) is 0 Å². The smallest absolute Gasteiger partial charge is 0.344 e. The zero-order valence-corrected chi connectivity index (χ0v) is 11.2. The number of esters is 1. The van der Waals surface area contributed by atoms with Crippen molar-refractivity contribution in [3.05, 3.63) is 70.2 Å². The molecule has 4 heteroatoms. The first-order valence-corrected chi connectivity index (χ1v) is 6.39. The van der Waals surface area contributed by atoms with E-state index >= 15 is 0 Å². The number of hydrogen-bond donors (Lipinski definition) is 0. The molecule has 19 heavy (non-hydrogen) atoms. The molecule has 1 aliphatic heterocycles. The van der Waals surface area contributed by atoms with Gasteiger partial charge >= 0.3 is 5.97 Å². The molecule has 0 unspecified atom stereocenters. The van der Waals surface area contributed by atoms with Crippen molar-refractivity contribution in [3.63, 3.8) is 0 Å². The maximum Gasteiger partial charge on any atom is 0.344 e.